The number of pyridine rings is 1. The summed E-state index contributed by atoms with van der Waals surface area (Å²) in [6.45, 7) is 2.02. The molecule has 4 nitrogen and oxygen atoms in total. The van der Waals surface area contributed by atoms with Gasteiger partial charge in [0.25, 0.3) is 5.91 Å². The number of aromatic nitrogens is 1. The van der Waals surface area contributed by atoms with E-state index in [0.29, 0.717) is 16.4 Å². The molecule has 0 spiro atoms. The molecule has 26 heavy (non-hydrogen) atoms. The van der Waals surface area contributed by atoms with Gasteiger partial charge in [0.15, 0.2) is 0 Å². The molecular weight excluding hydrogens is 414 g/mol. The number of amides is 1. The van der Waals surface area contributed by atoms with Crippen molar-refractivity contribution in [3.8, 4) is 0 Å². The standard InChI is InChI=1S/C20H21BrClN3O/c21-16-6-3-7-17(19(16)22)24-20(26)18-10-13-8-9-25(12-14(13)11-23-18)15-4-1-2-5-15/h3,6-7,10-11,15H,1-2,4-5,8-9,12H2,(H,24,26). The molecule has 0 saturated heterocycles. The van der Waals surface area contributed by atoms with E-state index in [-0.39, 0.29) is 5.91 Å². The van der Waals surface area contributed by atoms with Crippen LogP contribution in [0.2, 0.25) is 5.02 Å². The van der Waals surface area contributed by atoms with Crippen LogP contribution < -0.4 is 5.32 Å². The van der Waals surface area contributed by atoms with Crippen LogP contribution in [0.25, 0.3) is 0 Å². The Morgan fingerprint density at radius 3 is 2.88 bits per heavy atom. The lowest BCUT2D eigenvalue weighted by atomic mass is 9.99. The fourth-order valence-corrected chi connectivity index (χ4v) is 4.49. The smallest absolute Gasteiger partial charge is 0.274 e. The topological polar surface area (TPSA) is 45.2 Å². The second kappa shape index (κ2) is 7.67. The lowest BCUT2D eigenvalue weighted by Gasteiger charge is -2.33. The molecule has 1 N–H and O–H groups in total. The molecule has 0 radical (unpaired) electrons. The number of hydrogen-bond donors (Lipinski definition) is 1. The number of halogens is 2. The van der Waals surface area contributed by atoms with Crippen LogP contribution in [0.4, 0.5) is 5.69 Å². The van der Waals surface area contributed by atoms with Crippen molar-refractivity contribution in [3.05, 3.63) is 56.8 Å². The minimum atomic E-state index is -0.231. The summed E-state index contributed by atoms with van der Waals surface area (Å²) in [6.07, 6.45) is 8.18. The quantitative estimate of drug-likeness (QED) is 0.735. The normalized spacial score (nSPS) is 17.9. The van der Waals surface area contributed by atoms with Crippen molar-refractivity contribution in [1.82, 2.24) is 9.88 Å². The minimum Gasteiger partial charge on any atom is -0.319 e. The summed E-state index contributed by atoms with van der Waals surface area (Å²) in [5.41, 5.74) is 3.51. The average Bonchev–Trinajstić information content (AvgIpc) is 3.19. The van der Waals surface area contributed by atoms with E-state index in [9.17, 15) is 4.79 Å². The summed E-state index contributed by atoms with van der Waals surface area (Å²) in [7, 11) is 0. The van der Waals surface area contributed by atoms with Gasteiger partial charge in [-0.2, -0.15) is 0 Å². The maximum absolute atomic E-state index is 12.6. The highest BCUT2D eigenvalue weighted by Crippen LogP contribution is 2.31. The molecule has 1 aromatic heterocycles. The first-order valence-corrected chi connectivity index (χ1v) is 10.3. The van der Waals surface area contributed by atoms with Crippen LogP contribution in [-0.4, -0.2) is 28.4 Å². The van der Waals surface area contributed by atoms with Crippen molar-refractivity contribution >= 4 is 39.1 Å². The largest absolute Gasteiger partial charge is 0.319 e. The Labute approximate surface area is 167 Å². The van der Waals surface area contributed by atoms with E-state index < -0.39 is 0 Å². The second-order valence-corrected chi connectivity index (χ2v) is 8.28. The van der Waals surface area contributed by atoms with Gasteiger partial charge in [-0.3, -0.25) is 14.7 Å². The van der Waals surface area contributed by atoms with E-state index in [4.69, 9.17) is 11.6 Å². The summed E-state index contributed by atoms with van der Waals surface area (Å²) in [5, 5.41) is 3.35. The van der Waals surface area contributed by atoms with Gasteiger partial charge in [-0.25, -0.2) is 0 Å². The average molecular weight is 435 g/mol. The first-order chi connectivity index (χ1) is 12.6. The van der Waals surface area contributed by atoms with E-state index >= 15 is 0 Å². The highest BCUT2D eigenvalue weighted by molar-refractivity contribution is 9.10. The molecule has 6 heteroatoms. The van der Waals surface area contributed by atoms with E-state index in [1.165, 1.54) is 36.8 Å². The zero-order valence-corrected chi connectivity index (χ0v) is 16.8. The number of nitrogens with zero attached hydrogens (tertiary/aromatic N) is 2. The number of hydrogen-bond acceptors (Lipinski definition) is 3. The molecule has 0 bridgehead atoms. The third kappa shape index (κ3) is 3.66. The molecule has 1 fully saturated rings. The minimum absolute atomic E-state index is 0.231. The van der Waals surface area contributed by atoms with Crippen LogP contribution in [0.1, 0.15) is 47.3 Å². The van der Waals surface area contributed by atoms with Crippen LogP contribution in [0.15, 0.2) is 34.9 Å². The number of rotatable bonds is 3. The zero-order chi connectivity index (χ0) is 18.1. The lowest BCUT2D eigenvalue weighted by Crippen LogP contribution is -2.38. The molecule has 136 valence electrons. The van der Waals surface area contributed by atoms with Crippen molar-refractivity contribution in [3.63, 3.8) is 0 Å². The Bertz CT molecular complexity index is 836. The van der Waals surface area contributed by atoms with Crippen molar-refractivity contribution in [2.75, 3.05) is 11.9 Å². The molecule has 2 heterocycles. The number of nitrogens with one attached hydrogen (secondary N) is 1. The van der Waals surface area contributed by atoms with E-state index in [1.54, 1.807) is 6.07 Å². The van der Waals surface area contributed by atoms with Crippen molar-refractivity contribution in [2.45, 2.75) is 44.7 Å². The fraction of sp³-hybridized carbons (Fsp3) is 0.400. The Hall–Kier alpha value is -1.43. The van der Waals surface area contributed by atoms with Crippen molar-refractivity contribution in [1.29, 1.82) is 0 Å². The second-order valence-electron chi connectivity index (χ2n) is 7.05. The lowest BCUT2D eigenvalue weighted by molar-refractivity contribution is 0.102. The summed E-state index contributed by atoms with van der Waals surface area (Å²) in [4.78, 5) is 19.6. The van der Waals surface area contributed by atoms with Gasteiger partial charge in [0.1, 0.15) is 5.69 Å². The van der Waals surface area contributed by atoms with Gasteiger partial charge in [-0.1, -0.05) is 30.5 Å². The Balaban J connectivity index is 1.49. The van der Waals surface area contributed by atoms with Crippen LogP contribution in [-0.2, 0) is 13.0 Å². The monoisotopic (exact) mass is 433 g/mol. The van der Waals surface area contributed by atoms with E-state index in [0.717, 1.165) is 30.0 Å². The van der Waals surface area contributed by atoms with Crippen LogP contribution in [0.3, 0.4) is 0 Å². The van der Waals surface area contributed by atoms with Crippen molar-refractivity contribution < 1.29 is 4.79 Å². The van der Waals surface area contributed by atoms with Gasteiger partial charge in [0.2, 0.25) is 0 Å². The predicted molar refractivity (Wildman–Crippen MR) is 108 cm³/mol. The molecule has 0 atom stereocenters. The maximum atomic E-state index is 12.6. The molecule has 0 unspecified atom stereocenters. The molecule has 2 aromatic rings. The van der Waals surface area contributed by atoms with E-state index in [1.807, 2.05) is 24.4 Å². The van der Waals surface area contributed by atoms with Gasteiger partial charge in [0.05, 0.1) is 10.7 Å². The third-order valence-electron chi connectivity index (χ3n) is 5.40. The molecule has 1 amide bonds. The number of fused-ring (bicyclic) bond motifs is 1. The predicted octanol–water partition coefficient (Wildman–Crippen LogP) is 5.05. The summed E-state index contributed by atoms with van der Waals surface area (Å²) < 4.78 is 0.752. The molecule has 1 aliphatic carbocycles. The van der Waals surface area contributed by atoms with Gasteiger partial charge < -0.3 is 5.32 Å². The highest BCUT2D eigenvalue weighted by Gasteiger charge is 2.26. The molecule has 1 saturated carbocycles. The first-order valence-electron chi connectivity index (χ1n) is 9.09. The molecule has 1 aliphatic heterocycles. The summed E-state index contributed by atoms with van der Waals surface area (Å²) in [5.74, 6) is -0.231. The van der Waals surface area contributed by atoms with Gasteiger partial charge in [0, 0.05) is 29.8 Å². The van der Waals surface area contributed by atoms with Gasteiger partial charge in [-0.05, 0) is 64.5 Å². The molecule has 2 aliphatic rings. The zero-order valence-electron chi connectivity index (χ0n) is 14.5. The van der Waals surface area contributed by atoms with Crippen LogP contribution in [0.5, 0.6) is 0 Å². The highest BCUT2D eigenvalue weighted by atomic mass is 79.9. The number of anilines is 1. The SMILES string of the molecule is O=C(Nc1cccc(Br)c1Cl)c1cc2c(cn1)CN(C1CCCC1)CC2. The first kappa shape index (κ1) is 18.0. The summed E-state index contributed by atoms with van der Waals surface area (Å²) in [6, 6.07) is 8.12. The Morgan fingerprint density at radius 2 is 2.08 bits per heavy atom. The third-order valence-corrected chi connectivity index (χ3v) is 6.69. The van der Waals surface area contributed by atoms with Crippen LogP contribution in [0, 0.1) is 0 Å². The molecular formula is C20H21BrClN3O. The number of carbonyl (C=O) groups is 1. The number of carbonyl (C=O) groups excluding carboxylic acids is 1. The number of benzene rings is 1. The van der Waals surface area contributed by atoms with Crippen LogP contribution >= 0.6 is 27.5 Å². The molecule has 1 aromatic carbocycles. The Kier molecular flexibility index (Phi) is 5.30. The fourth-order valence-electron chi connectivity index (χ4n) is 3.95. The Morgan fingerprint density at radius 1 is 1.27 bits per heavy atom. The van der Waals surface area contributed by atoms with E-state index in [2.05, 4.69) is 31.1 Å². The van der Waals surface area contributed by atoms with Gasteiger partial charge >= 0.3 is 0 Å². The summed E-state index contributed by atoms with van der Waals surface area (Å²) >= 11 is 9.60. The maximum Gasteiger partial charge on any atom is 0.274 e. The van der Waals surface area contributed by atoms with Gasteiger partial charge in [-0.15, -0.1) is 0 Å². The molecule has 4 rings (SSSR count). The van der Waals surface area contributed by atoms with Crippen molar-refractivity contribution in [2.24, 2.45) is 0 Å².